The molecular weight excluding hydrogens is 298 g/mol. The van der Waals surface area contributed by atoms with Crippen LogP contribution in [-0.2, 0) is 11.3 Å². The topological polar surface area (TPSA) is 68.5 Å². The predicted octanol–water partition coefficient (Wildman–Crippen LogP) is 3.24. The van der Waals surface area contributed by atoms with Crippen LogP contribution >= 0.6 is 11.3 Å². The Morgan fingerprint density at radius 2 is 2.23 bits per heavy atom. The molecule has 3 rings (SSSR count). The predicted molar refractivity (Wildman–Crippen MR) is 86.7 cm³/mol. The molecule has 116 valence electrons. The third-order valence-corrected chi connectivity index (χ3v) is 4.53. The Balaban J connectivity index is 1.56. The fourth-order valence-corrected chi connectivity index (χ4v) is 3.33. The molecule has 1 amide bonds. The summed E-state index contributed by atoms with van der Waals surface area (Å²) in [5, 5.41) is 2.57. The minimum Gasteiger partial charge on any atom is -0.445 e. The highest BCUT2D eigenvalue weighted by atomic mass is 32.1. The van der Waals surface area contributed by atoms with E-state index >= 15 is 0 Å². The van der Waals surface area contributed by atoms with Gasteiger partial charge in [0.1, 0.15) is 6.61 Å². The number of benzene rings is 1. The average Bonchev–Trinajstić information content (AvgIpc) is 3.00. The first-order valence-corrected chi connectivity index (χ1v) is 8.27. The SMILES string of the molecule is Nc1nc([C@H]2CCCN(C(=O)OCc3ccccc3)C2)cs1. The van der Waals surface area contributed by atoms with E-state index in [1.807, 2.05) is 35.7 Å². The fourth-order valence-electron chi connectivity index (χ4n) is 2.68. The summed E-state index contributed by atoms with van der Waals surface area (Å²) in [6, 6.07) is 9.72. The second-order valence-electron chi connectivity index (χ2n) is 5.44. The van der Waals surface area contributed by atoms with Crippen LogP contribution in [0.15, 0.2) is 35.7 Å². The summed E-state index contributed by atoms with van der Waals surface area (Å²) in [5.74, 6) is 0.256. The van der Waals surface area contributed by atoms with Gasteiger partial charge >= 0.3 is 6.09 Å². The molecular formula is C16H19N3O2S. The van der Waals surface area contributed by atoms with Crippen molar-refractivity contribution in [3.63, 3.8) is 0 Å². The van der Waals surface area contributed by atoms with Crippen molar-refractivity contribution >= 4 is 22.6 Å². The van der Waals surface area contributed by atoms with Crippen molar-refractivity contribution < 1.29 is 9.53 Å². The lowest BCUT2D eigenvalue weighted by atomic mass is 9.96. The lowest BCUT2D eigenvalue weighted by Gasteiger charge is -2.31. The summed E-state index contributed by atoms with van der Waals surface area (Å²) in [7, 11) is 0. The molecule has 1 aromatic carbocycles. The number of hydrogen-bond acceptors (Lipinski definition) is 5. The standard InChI is InChI=1S/C16H19N3O2S/c17-15-18-14(11-22-15)13-7-4-8-19(9-13)16(20)21-10-12-5-2-1-3-6-12/h1-3,5-6,11,13H,4,7-10H2,(H2,17,18)/t13-/m0/s1. The van der Waals surface area contributed by atoms with E-state index in [2.05, 4.69) is 4.98 Å². The highest BCUT2D eigenvalue weighted by Gasteiger charge is 2.27. The van der Waals surface area contributed by atoms with Crippen LogP contribution in [0.5, 0.6) is 0 Å². The maximum atomic E-state index is 12.2. The molecule has 5 nitrogen and oxygen atoms in total. The third-order valence-electron chi connectivity index (χ3n) is 3.84. The average molecular weight is 317 g/mol. The molecule has 0 spiro atoms. The Morgan fingerprint density at radius 3 is 2.95 bits per heavy atom. The lowest BCUT2D eigenvalue weighted by molar-refractivity contribution is 0.0856. The zero-order chi connectivity index (χ0) is 15.4. The molecule has 0 radical (unpaired) electrons. The molecule has 0 bridgehead atoms. The van der Waals surface area contributed by atoms with Gasteiger partial charge in [-0.2, -0.15) is 0 Å². The van der Waals surface area contributed by atoms with Crippen LogP contribution in [0.4, 0.5) is 9.93 Å². The molecule has 1 aromatic heterocycles. The highest BCUT2D eigenvalue weighted by Crippen LogP contribution is 2.28. The van der Waals surface area contributed by atoms with E-state index in [9.17, 15) is 4.79 Å². The normalized spacial score (nSPS) is 18.2. The lowest BCUT2D eigenvalue weighted by Crippen LogP contribution is -2.39. The van der Waals surface area contributed by atoms with E-state index in [-0.39, 0.29) is 12.0 Å². The minimum absolute atomic E-state index is 0.253. The van der Waals surface area contributed by atoms with Crippen LogP contribution in [0.2, 0.25) is 0 Å². The smallest absolute Gasteiger partial charge is 0.410 e. The van der Waals surface area contributed by atoms with Gasteiger partial charge in [0.25, 0.3) is 0 Å². The van der Waals surface area contributed by atoms with Gasteiger partial charge in [-0.1, -0.05) is 30.3 Å². The highest BCUT2D eigenvalue weighted by molar-refractivity contribution is 7.13. The number of piperidine rings is 1. The molecule has 2 aromatic rings. The Morgan fingerprint density at radius 1 is 1.41 bits per heavy atom. The maximum absolute atomic E-state index is 12.2. The molecule has 1 aliphatic heterocycles. The molecule has 1 atom stereocenters. The molecule has 0 saturated carbocycles. The number of thiazole rings is 1. The largest absolute Gasteiger partial charge is 0.445 e. The molecule has 0 aliphatic carbocycles. The number of ether oxygens (including phenoxy) is 1. The summed E-state index contributed by atoms with van der Waals surface area (Å²) in [6.07, 6.45) is 1.74. The van der Waals surface area contributed by atoms with Gasteiger partial charge in [-0.15, -0.1) is 11.3 Å². The quantitative estimate of drug-likeness (QED) is 0.943. The number of nitrogen functional groups attached to an aromatic ring is 1. The number of aromatic nitrogens is 1. The molecule has 1 aliphatic rings. The number of carbonyl (C=O) groups is 1. The number of likely N-dealkylation sites (tertiary alicyclic amines) is 1. The van der Waals surface area contributed by atoms with Crippen molar-refractivity contribution in [3.05, 3.63) is 47.0 Å². The first-order chi connectivity index (χ1) is 10.7. The number of carbonyl (C=O) groups excluding carboxylic acids is 1. The van der Waals surface area contributed by atoms with Gasteiger partial charge in [-0.3, -0.25) is 0 Å². The third kappa shape index (κ3) is 3.57. The van der Waals surface area contributed by atoms with Crippen LogP contribution in [0.25, 0.3) is 0 Å². The van der Waals surface area contributed by atoms with E-state index < -0.39 is 0 Å². The van der Waals surface area contributed by atoms with Crippen molar-refractivity contribution in [1.82, 2.24) is 9.88 Å². The Bertz CT molecular complexity index is 629. The summed E-state index contributed by atoms with van der Waals surface area (Å²) < 4.78 is 5.40. The van der Waals surface area contributed by atoms with E-state index in [0.717, 1.165) is 30.6 Å². The number of anilines is 1. The van der Waals surface area contributed by atoms with E-state index in [1.165, 1.54) is 11.3 Å². The number of rotatable bonds is 3. The first-order valence-electron chi connectivity index (χ1n) is 7.39. The number of amides is 1. The van der Waals surface area contributed by atoms with Gasteiger partial charge < -0.3 is 15.4 Å². The van der Waals surface area contributed by atoms with Gasteiger partial charge in [-0.05, 0) is 18.4 Å². The van der Waals surface area contributed by atoms with Crippen LogP contribution in [0, 0.1) is 0 Å². The van der Waals surface area contributed by atoms with Crippen molar-refractivity contribution in [1.29, 1.82) is 0 Å². The molecule has 0 unspecified atom stereocenters. The van der Waals surface area contributed by atoms with Gasteiger partial charge in [0, 0.05) is 24.4 Å². The van der Waals surface area contributed by atoms with Crippen molar-refractivity contribution in [2.45, 2.75) is 25.4 Å². The molecule has 2 N–H and O–H groups in total. The van der Waals surface area contributed by atoms with Gasteiger partial charge in [0.05, 0.1) is 5.69 Å². The fraction of sp³-hybridized carbons (Fsp3) is 0.375. The molecule has 1 fully saturated rings. The van der Waals surface area contributed by atoms with Crippen molar-refractivity contribution in [2.24, 2.45) is 0 Å². The monoisotopic (exact) mass is 317 g/mol. The van der Waals surface area contributed by atoms with Crippen LogP contribution in [-0.4, -0.2) is 29.1 Å². The zero-order valence-corrected chi connectivity index (χ0v) is 13.1. The van der Waals surface area contributed by atoms with Gasteiger partial charge in [0.2, 0.25) is 0 Å². The summed E-state index contributed by atoms with van der Waals surface area (Å²) in [4.78, 5) is 18.3. The summed E-state index contributed by atoms with van der Waals surface area (Å²) >= 11 is 1.45. The van der Waals surface area contributed by atoms with E-state index in [0.29, 0.717) is 18.3 Å². The second-order valence-corrected chi connectivity index (χ2v) is 6.33. The van der Waals surface area contributed by atoms with E-state index in [1.54, 1.807) is 4.90 Å². The van der Waals surface area contributed by atoms with Crippen molar-refractivity contribution in [2.75, 3.05) is 18.8 Å². The van der Waals surface area contributed by atoms with Crippen LogP contribution in [0.3, 0.4) is 0 Å². The first kappa shape index (κ1) is 14.8. The molecule has 6 heteroatoms. The minimum atomic E-state index is -0.253. The van der Waals surface area contributed by atoms with Gasteiger partial charge in [-0.25, -0.2) is 9.78 Å². The summed E-state index contributed by atoms with van der Waals surface area (Å²) in [6.45, 7) is 1.70. The molecule has 1 saturated heterocycles. The molecule has 2 heterocycles. The number of nitrogens with zero attached hydrogens (tertiary/aromatic N) is 2. The summed E-state index contributed by atoms with van der Waals surface area (Å²) in [5.41, 5.74) is 7.68. The second kappa shape index (κ2) is 6.79. The van der Waals surface area contributed by atoms with E-state index in [4.69, 9.17) is 10.5 Å². The maximum Gasteiger partial charge on any atom is 0.410 e. The number of hydrogen-bond donors (Lipinski definition) is 1. The molecule has 22 heavy (non-hydrogen) atoms. The Hall–Kier alpha value is -2.08. The zero-order valence-electron chi connectivity index (χ0n) is 12.3. The Kier molecular flexibility index (Phi) is 4.58. The Labute approximate surface area is 133 Å². The van der Waals surface area contributed by atoms with Crippen LogP contribution < -0.4 is 5.73 Å². The van der Waals surface area contributed by atoms with Crippen molar-refractivity contribution in [3.8, 4) is 0 Å². The van der Waals surface area contributed by atoms with Crippen LogP contribution in [0.1, 0.15) is 30.0 Å². The van der Waals surface area contributed by atoms with Gasteiger partial charge in [0.15, 0.2) is 5.13 Å². The number of nitrogens with two attached hydrogens (primary N) is 1.